The number of likely N-dealkylation sites (tertiary alicyclic amines) is 1. The van der Waals surface area contributed by atoms with Gasteiger partial charge in [0, 0.05) is 19.1 Å². The van der Waals surface area contributed by atoms with Gasteiger partial charge in [-0.3, -0.25) is 4.90 Å². The van der Waals surface area contributed by atoms with Crippen LogP contribution in [0.25, 0.3) is 0 Å². The summed E-state index contributed by atoms with van der Waals surface area (Å²) in [6.07, 6.45) is -2.39. The van der Waals surface area contributed by atoms with Crippen molar-refractivity contribution in [2.75, 3.05) is 19.6 Å². The third kappa shape index (κ3) is 4.61. The van der Waals surface area contributed by atoms with E-state index in [1.54, 1.807) is 12.1 Å². The SMILES string of the molecule is CC1CCCN(C(CN)c2cccc(OC(F)(F)F)c2)C1. The topological polar surface area (TPSA) is 38.5 Å². The van der Waals surface area contributed by atoms with Crippen LogP contribution in [0, 0.1) is 5.92 Å². The molecule has 3 nitrogen and oxygen atoms in total. The molecule has 1 saturated heterocycles. The predicted molar refractivity (Wildman–Crippen MR) is 74.9 cm³/mol. The van der Waals surface area contributed by atoms with Crippen molar-refractivity contribution in [2.45, 2.75) is 32.2 Å². The molecule has 0 radical (unpaired) electrons. The standard InChI is InChI=1S/C15H21F3N2O/c1-11-4-3-7-20(10-11)14(9-19)12-5-2-6-13(8-12)21-15(16,17)18/h2,5-6,8,11,14H,3-4,7,9-10,19H2,1H3. The highest BCUT2D eigenvalue weighted by Gasteiger charge is 2.31. The number of hydrogen-bond donors (Lipinski definition) is 1. The first-order valence-electron chi connectivity index (χ1n) is 7.19. The number of nitrogens with two attached hydrogens (primary N) is 1. The Balaban J connectivity index is 2.16. The zero-order valence-corrected chi connectivity index (χ0v) is 12.1. The van der Waals surface area contributed by atoms with E-state index in [2.05, 4.69) is 16.6 Å². The number of piperidine rings is 1. The lowest BCUT2D eigenvalue weighted by atomic mass is 9.96. The van der Waals surface area contributed by atoms with E-state index in [1.807, 2.05) is 0 Å². The average molecular weight is 302 g/mol. The van der Waals surface area contributed by atoms with Gasteiger partial charge in [-0.05, 0) is 43.0 Å². The van der Waals surface area contributed by atoms with E-state index in [9.17, 15) is 13.2 Å². The highest BCUT2D eigenvalue weighted by atomic mass is 19.4. The van der Waals surface area contributed by atoms with E-state index in [0.29, 0.717) is 12.5 Å². The van der Waals surface area contributed by atoms with E-state index in [0.717, 1.165) is 25.1 Å². The molecule has 0 aromatic heterocycles. The predicted octanol–water partition coefficient (Wildman–Crippen LogP) is 3.32. The molecule has 0 amide bonds. The molecule has 1 heterocycles. The normalized spacial score (nSPS) is 22.0. The lowest BCUT2D eigenvalue weighted by Crippen LogP contribution is -2.40. The maximum Gasteiger partial charge on any atom is 0.573 e. The molecule has 1 fully saturated rings. The van der Waals surface area contributed by atoms with Crippen LogP contribution in [-0.2, 0) is 0 Å². The second-order valence-electron chi connectivity index (χ2n) is 5.61. The Bertz CT molecular complexity index is 464. The van der Waals surface area contributed by atoms with Gasteiger partial charge in [0.1, 0.15) is 5.75 Å². The highest BCUT2D eigenvalue weighted by Crippen LogP contribution is 2.30. The molecule has 1 aromatic carbocycles. The largest absolute Gasteiger partial charge is 0.573 e. The van der Waals surface area contributed by atoms with Crippen molar-refractivity contribution < 1.29 is 17.9 Å². The van der Waals surface area contributed by atoms with Gasteiger partial charge in [-0.1, -0.05) is 19.1 Å². The molecule has 0 bridgehead atoms. The summed E-state index contributed by atoms with van der Waals surface area (Å²) in [5, 5.41) is 0. The molecule has 0 aliphatic carbocycles. The second kappa shape index (κ2) is 6.66. The fourth-order valence-corrected chi connectivity index (χ4v) is 2.92. The minimum Gasteiger partial charge on any atom is -0.406 e. The molecule has 0 spiro atoms. The van der Waals surface area contributed by atoms with Gasteiger partial charge >= 0.3 is 6.36 Å². The molecule has 2 rings (SSSR count). The zero-order valence-electron chi connectivity index (χ0n) is 12.1. The first-order chi connectivity index (χ1) is 9.89. The van der Waals surface area contributed by atoms with Crippen molar-refractivity contribution in [1.82, 2.24) is 4.90 Å². The molecule has 2 unspecified atom stereocenters. The molecule has 6 heteroatoms. The molecule has 2 atom stereocenters. The molecule has 0 saturated carbocycles. The number of ether oxygens (including phenoxy) is 1. The van der Waals surface area contributed by atoms with Gasteiger partial charge < -0.3 is 10.5 Å². The summed E-state index contributed by atoms with van der Waals surface area (Å²) in [5.74, 6) is 0.394. The van der Waals surface area contributed by atoms with E-state index >= 15 is 0 Å². The quantitative estimate of drug-likeness (QED) is 0.927. The Morgan fingerprint density at radius 3 is 2.81 bits per heavy atom. The van der Waals surface area contributed by atoms with Crippen LogP contribution in [0.3, 0.4) is 0 Å². The monoisotopic (exact) mass is 302 g/mol. The number of nitrogens with zero attached hydrogens (tertiary/aromatic N) is 1. The summed E-state index contributed by atoms with van der Waals surface area (Å²) in [5.41, 5.74) is 6.63. The van der Waals surface area contributed by atoms with Gasteiger partial charge in [-0.2, -0.15) is 0 Å². The number of benzene rings is 1. The Morgan fingerprint density at radius 2 is 2.19 bits per heavy atom. The first-order valence-corrected chi connectivity index (χ1v) is 7.19. The van der Waals surface area contributed by atoms with Crippen molar-refractivity contribution in [1.29, 1.82) is 0 Å². The van der Waals surface area contributed by atoms with Crippen LogP contribution in [0.4, 0.5) is 13.2 Å². The summed E-state index contributed by atoms with van der Waals surface area (Å²) >= 11 is 0. The molecule has 1 aliphatic rings. The minimum absolute atomic E-state index is 0.0652. The van der Waals surface area contributed by atoms with Crippen molar-refractivity contribution in [3.63, 3.8) is 0 Å². The zero-order chi connectivity index (χ0) is 15.5. The van der Waals surface area contributed by atoms with E-state index in [4.69, 9.17) is 5.73 Å². The van der Waals surface area contributed by atoms with Crippen LogP contribution in [0.1, 0.15) is 31.4 Å². The number of halogens is 3. The smallest absolute Gasteiger partial charge is 0.406 e. The first kappa shape index (κ1) is 16.1. The van der Waals surface area contributed by atoms with Crippen LogP contribution >= 0.6 is 0 Å². The average Bonchev–Trinajstić information content (AvgIpc) is 2.38. The highest BCUT2D eigenvalue weighted by molar-refractivity contribution is 5.31. The molecule has 2 N–H and O–H groups in total. The lowest BCUT2D eigenvalue weighted by Gasteiger charge is -2.37. The van der Waals surface area contributed by atoms with Crippen LogP contribution in [-0.4, -0.2) is 30.9 Å². The van der Waals surface area contributed by atoms with Crippen molar-refractivity contribution in [3.8, 4) is 5.75 Å². The summed E-state index contributed by atoms with van der Waals surface area (Å²) < 4.78 is 40.9. The van der Waals surface area contributed by atoms with Crippen molar-refractivity contribution in [2.24, 2.45) is 11.7 Å². The summed E-state index contributed by atoms with van der Waals surface area (Å²) in [7, 11) is 0. The number of alkyl halides is 3. The maximum absolute atomic E-state index is 12.3. The van der Waals surface area contributed by atoms with E-state index < -0.39 is 6.36 Å². The molecular formula is C15H21F3N2O. The Labute approximate surface area is 122 Å². The van der Waals surface area contributed by atoms with Gasteiger partial charge in [0.25, 0.3) is 0 Å². The van der Waals surface area contributed by atoms with Crippen LogP contribution in [0.15, 0.2) is 24.3 Å². The molecular weight excluding hydrogens is 281 g/mol. The third-order valence-corrected chi connectivity index (χ3v) is 3.83. The summed E-state index contributed by atoms with van der Waals surface area (Å²) in [6, 6.07) is 6.06. The number of rotatable bonds is 4. The Hall–Kier alpha value is -1.27. The summed E-state index contributed by atoms with van der Waals surface area (Å²) in [6.45, 7) is 4.41. The lowest BCUT2D eigenvalue weighted by molar-refractivity contribution is -0.274. The van der Waals surface area contributed by atoms with Gasteiger partial charge in [-0.15, -0.1) is 13.2 Å². The van der Waals surface area contributed by atoms with E-state index in [1.165, 1.54) is 18.6 Å². The number of hydrogen-bond acceptors (Lipinski definition) is 3. The molecule has 1 aromatic rings. The maximum atomic E-state index is 12.3. The molecule has 118 valence electrons. The second-order valence-corrected chi connectivity index (χ2v) is 5.61. The van der Waals surface area contributed by atoms with Crippen LogP contribution in [0.5, 0.6) is 5.75 Å². The fraction of sp³-hybridized carbons (Fsp3) is 0.600. The fourth-order valence-electron chi connectivity index (χ4n) is 2.92. The molecule has 1 aliphatic heterocycles. The van der Waals surface area contributed by atoms with Crippen LogP contribution in [0.2, 0.25) is 0 Å². The van der Waals surface area contributed by atoms with Crippen molar-refractivity contribution >= 4 is 0 Å². The van der Waals surface area contributed by atoms with E-state index in [-0.39, 0.29) is 11.8 Å². The summed E-state index contributed by atoms with van der Waals surface area (Å²) in [4.78, 5) is 2.25. The van der Waals surface area contributed by atoms with Gasteiger partial charge in [0.2, 0.25) is 0 Å². The third-order valence-electron chi connectivity index (χ3n) is 3.83. The van der Waals surface area contributed by atoms with Gasteiger partial charge in [0.05, 0.1) is 0 Å². The van der Waals surface area contributed by atoms with Gasteiger partial charge in [-0.25, -0.2) is 0 Å². The van der Waals surface area contributed by atoms with Crippen molar-refractivity contribution in [3.05, 3.63) is 29.8 Å². The minimum atomic E-state index is -4.67. The molecule has 21 heavy (non-hydrogen) atoms. The Morgan fingerprint density at radius 1 is 1.43 bits per heavy atom. The van der Waals surface area contributed by atoms with Crippen LogP contribution < -0.4 is 10.5 Å². The van der Waals surface area contributed by atoms with Gasteiger partial charge in [0.15, 0.2) is 0 Å². The Kier molecular flexibility index (Phi) is 5.11.